The second kappa shape index (κ2) is 9.53. The van der Waals surface area contributed by atoms with Crippen LogP contribution in [0, 0.1) is 5.82 Å². The Hall–Kier alpha value is -2.37. The number of anilines is 1. The van der Waals surface area contributed by atoms with Crippen LogP contribution in [0.5, 0.6) is 0 Å². The molecule has 3 rings (SSSR count). The van der Waals surface area contributed by atoms with Crippen LogP contribution >= 0.6 is 23.4 Å². The van der Waals surface area contributed by atoms with Crippen LogP contribution in [-0.2, 0) is 17.0 Å². The molecule has 0 bridgehead atoms. The summed E-state index contributed by atoms with van der Waals surface area (Å²) in [5.74, 6) is 0.0993. The van der Waals surface area contributed by atoms with Crippen LogP contribution in [0.25, 0.3) is 0 Å². The minimum atomic E-state index is -0.347. The number of pyridine rings is 1. The first kappa shape index (κ1) is 19.4. The Morgan fingerprint density at radius 1 is 1.04 bits per heavy atom. The molecule has 0 radical (unpaired) electrons. The Labute approximate surface area is 167 Å². The highest BCUT2D eigenvalue weighted by Crippen LogP contribution is 2.24. The van der Waals surface area contributed by atoms with Gasteiger partial charge in [0.1, 0.15) is 5.82 Å². The Bertz CT molecular complexity index is 884. The lowest BCUT2D eigenvalue weighted by Crippen LogP contribution is -2.14. The van der Waals surface area contributed by atoms with Crippen LogP contribution in [0.3, 0.4) is 0 Å². The largest absolute Gasteiger partial charge is 0.325 e. The molecule has 6 heteroatoms. The summed E-state index contributed by atoms with van der Waals surface area (Å²) < 4.78 is 13.7. The van der Waals surface area contributed by atoms with Gasteiger partial charge in [0, 0.05) is 34.4 Å². The summed E-state index contributed by atoms with van der Waals surface area (Å²) in [7, 11) is 0. The summed E-state index contributed by atoms with van der Waals surface area (Å²) in [5, 5.41) is 3.23. The second-order valence-corrected chi connectivity index (χ2v) is 7.36. The molecule has 3 aromatic rings. The fraction of sp³-hybridized carbons (Fsp3) is 0.143. The molecule has 0 aliphatic rings. The van der Waals surface area contributed by atoms with Crippen LogP contribution in [-0.4, -0.2) is 16.6 Å². The zero-order valence-corrected chi connectivity index (χ0v) is 16.1. The quantitative estimate of drug-likeness (QED) is 0.582. The molecule has 0 saturated carbocycles. The molecule has 0 fully saturated rings. The first-order valence-electron chi connectivity index (χ1n) is 8.40. The maximum absolute atomic E-state index is 13.7. The molecule has 27 heavy (non-hydrogen) atoms. The lowest BCUT2D eigenvalue weighted by molar-refractivity contribution is -0.113. The van der Waals surface area contributed by atoms with E-state index in [1.165, 1.54) is 23.4 Å². The molecule has 0 aliphatic heterocycles. The molecule has 1 aromatic heterocycles. The minimum Gasteiger partial charge on any atom is -0.325 e. The van der Waals surface area contributed by atoms with Gasteiger partial charge in [-0.05, 0) is 53.9 Å². The van der Waals surface area contributed by atoms with Gasteiger partial charge in [-0.25, -0.2) is 4.39 Å². The van der Waals surface area contributed by atoms with Crippen molar-refractivity contribution in [1.82, 2.24) is 4.98 Å². The van der Waals surface area contributed by atoms with Crippen LogP contribution in [0.2, 0.25) is 5.02 Å². The molecular weight excluding hydrogens is 383 g/mol. The number of rotatable bonds is 7. The zero-order valence-electron chi connectivity index (χ0n) is 14.5. The summed E-state index contributed by atoms with van der Waals surface area (Å²) in [6.07, 6.45) is 4.36. The standard InChI is InChI=1S/C21H18ClFN2OS/c22-19-2-1-3-20(23)18(19)13-27-14-21(26)25-17-6-4-15(5-7-17)12-16-8-10-24-11-9-16/h1-11H,12-14H2,(H,25,26). The number of hydrogen-bond acceptors (Lipinski definition) is 3. The lowest BCUT2D eigenvalue weighted by Gasteiger charge is -2.08. The Kier molecular flexibility index (Phi) is 6.85. The van der Waals surface area contributed by atoms with Gasteiger partial charge in [-0.2, -0.15) is 0 Å². The van der Waals surface area contributed by atoms with Crippen LogP contribution in [0.1, 0.15) is 16.7 Å². The number of nitrogens with one attached hydrogen (secondary N) is 1. The van der Waals surface area contributed by atoms with E-state index in [1.54, 1.807) is 24.5 Å². The molecular formula is C21H18ClFN2OS. The number of thioether (sulfide) groups is 1. The first-order chi connectivity index (χ1) is 13.1. The van der Waals surface area contributed by atoms with Gasteiger partial charge >= 0.3 is 0 Å². The van der Waals surface area contributed by atoms with E-state index in [1.807, 2.05) is 36.4 Å². The Morgan fingerprint density at radius 2 is 1.74 bits per heavy atom. The van der Waals surface area contributed by atoms with E-state index in [0.29, 0.717) is 16.3 Å². The van der Waals surface area contributed by atoms with Crippen molar-refractivity contribution in [2.24, 2.45) is 0 Å². The summed E-state index contributed by atoms with van der Waals surface area (Å²) >= 11 is 7.31. The van der Waals surface area contributed by atoms with Crippen LogP contribution in [0.15, 0.2) is 67.0 Å². The fourth-order valence-electron chi connectivity index (χ4n) is 2.56. The number of nitrogens with zero attached hydrogens (tertiary/aromatic N) is 1. The van der Waals surface area contributed by atoms with E-state index in [4.69, 9.17) is 11.6 Å². The van der Waals surface area contributed by atoms with Gasteiger partial charge < -0.3 is 5.32 Å². The molecule has 2 aromatic carbocycles. The highest BCUT2D eigenvalue weighted by atomic mass is 35.5. The predicted octanol–water partition coefficient (Wildman–Crippen LogP) is 5.34. The number of carbonyl (C=O) groups is 1. The van der Waals surface area contributed by atoms with Crippen molar-refractivity contribution >= 4 is 35.0 Å². The highest BCUT2D eigenvalue weighted by Gasteiger charge is 2.09. The van der Waals surface area contributed by atoms with Gasteiger partial charge in [-0.1, -0.05) is 29.8 Å². The van der Waals surface area contributed by atoms with Crippen molar-refractivity contribution in [2.75, 3.05) is 11.1 Å². The summed E-state index contributed by atoms with van der Waals surface area (Å²) in [6.45, 7) is 0. The van der Waals surface area contributed by atoms with Gasteiger partial charge in [0.15, 0.2) is 0 Å². The third-order valence-corrected chi connectivity index (χ3v) is 5.25. The SMILES string of the molecule is O=C(CSCc1c(F)cccc1Cl)Nc1ccc(Cc2ccncc2)cc1. The van der Waals surface area contributed by atoms with Crippen molar-refractivity contribution in [3.8, 4) is 0 Å². The highest BCUT2D eigenvalue weighted by molar-refractivity contribution is 7.99. The number of carbonyl (C=O) groups excluding carboxylic acids is 1. The number of aromatic nitrogens is 1. The predicted molar refractivity (Wildman–Crippen MR) is 110 cm³/mol. The maximum Gasteiger partial charge on any atom is 0.234 e. The number of benzene rings is 2. The van der Waals surface area contributed by atoms with Crippen molar-refractivity contribution in [3.05, 3.63) is 94.5 Å². The minimum absolute atomic E-state index is 0.130. The van der Waals surface area contributed by atoms with Crippen molar-refractivity contribution in [2.45, 2.75) is 12.2 Å². The topological polar surface area (TPSA) is 42.0 Å². The van der Waals surface area contributed by atoms with E-state index in [9.17, 15) is 9.18 Å². The molecule has 0 aliphatic carbocycles. The maximum atomic E-state index is 13.7. The molecule has 0 unspecified atom stereocenters. The van der Waals surface area contributed by atoms with Gasteiger partial charge in [0.25, 0.3) is 0 Å². The van der Waals surface area contributed by atoms with Gasteiger partial charge in [-0.15, -0.1) is 11.8 Å². The molecule has 3 nitrogen and oxygen atoms in total. The normalized spacial score (nSPS) is 10.6. The first-order valence-corrected chi connectivity index (χ1v) is 9.93. The van der Waals surface area contributed by atoms with Crippen LogP contribution < -0.4 is 5.32 Å². The molecule has 1 N–H and O–H groups in total. The molecule has 138 valence electrons. The summed E-state index contributed by atoms with van der Waals surface area (Å²) in [5.41, 5.74) is 3.51. The number of amides is 1. The molecule has 0 atom stereocenters. The third-order valence-electron chi connectivity index (χ3n) is 3.94. The molecule has 1 amide bonds. The van der Waals surface area contributed by atoms with Crippen LogP contribution in [0.4, 0.5) is 10.1 Å². The van der Waals surface area contributed by atoms with Crippen molar-refractivity contribution in [3.63, 3.8) is 0 Å². The smallest absolute Gasteiger partial charge is 0.234 e. The van der Waals surface area contributed by atoms with E-state index in [0.717, 1.165) is 17.7 Å². The Morgan fingerprint density at radius 3 is 2.44 bits per heavy atom. The monoisotopic (exact) mass is 400 g/mol. The molecule has 0 saturated heterocycles. The van der Waals surface area contributed by atoms with E-state index < -0.39 is 0 Å². The van der Waals surface area contributed by atoms with Gasteiger partial charge in [0.2, 0.25) is 5.91 Å². The average Bonchev–Trinajstić information content (AvgIpc) is 2.67. The van der Waals surface area contributed by atoms with Crippen molar-refractivity contribution < 1.29 is 9.18 Å². The Balaban J connectivity index is 1.48. The lowest BCUT2D eigenvalue weighted by atomic mass is 10.1. The summed E-state index contributed by atoms with van der Waals surface area (Å²) in [4.78, 5) is 16.1. The second-order valence-electron chi connectivity index (χ2n) is 5.97. The van der Waals surface area contributed by atoms with Gasteiger partial charge in [0.05, 0.1) is 5.75 Å². The molecule has 0 spiro atoms. The number of halogens is 2. The van der Waals surface area contributed by atoms with E-state index in [2.05, 4.69) is 10.3 Å². The number of hydrogen-bond donors (Lipinski definition) is 1. The van der Waals surface area contributed by atoms with Crippen molar-refractivity contribution in [1.29, 1.82) is 0 Å². The van der Waals surface area contributed by atoms with E-state index >= 15 is 0 Å². The molecule has 1 heterocycles. The van der Waals surface area contributed by atoms with E-state index in [-0.39, 0.29) is 17.5 Å². The fourth-order valence-corrected chi connectivity index (χ4v) is 3.72. The van der Waals surface area contributed by atoms with Gasteiger partial charge in [-0.3, -0.25) is 9.78 Å². The average molecular weight is 401 g/mol. The summed E-state index contributed by atoms with van der Waals surface area (Å²) in [6, 6.07) is 16.3. The third kappa shape index (κ3) is 5.81. The zero-order chi connectivity index (χ0) is 19.1.